The van der Waals surface area contributed by atoms with Crippen LogP contribution in [-0.4, -0.2) is 49.1 Å². The van der Waals surface area contributed by atoms with Gasteiger partial charge < -0.3 is 15.4 Å². The highest BCUT2D eigenvalue weighted by Crippen LogP contribution is 2.44. The number of rotatable bonds is 4. The fraction of sp³-hybridized carbons (Fsp3) is 0.588. The highest BCUT2D eigenvalue weighted by Gasteiger charge is 2.38. The number of thioether (sulfide) groups is 1. The quantitative estimate of drug-likeness (QED) is 0.438. The molecule has 1 aromatic rings. The lowest BCUT2D eigenvalue weighted by atomic mass is 9.64. The molecule has 3 rings (SSSR count). The Labute approximate surface area is 160 Å². The van der Waals surface area contributed by atoms with E-state index in [4.69, 9.17) is 15.5 Å². The third kappa shape index (κ3) is 4.26. The van der Waals surface area contributed by atoms with Crippen molar-refractivity contribution in [3.8, 4) is 5.75 Å². The number of nitrogens with zero attached hydrogens (tertiary/aromatic N) is 2. The molecule has 0 atom stereocenters. The first-order chi connectivity index (χ1) is 10.7. The van der Waals surface area contributed by atoms with Gasteiger partial charge in [-0.3, -0.25) is 4.99 Å². The van der Waals surface area contributed by atoms with Crippen LogP contribution >= 0.6 is 35.7 Å². The highest BCUT2D eigenvalue weighted by molar-refractivity contribution is 14.0. The summed E-state index contributed by atoms with van der Waals surface area (Å²) in [5.74, 6) is 3.94. The second kappa shape index (κ2) is 8.46. The summed E-state index contributed by atoms with van der Waals surface area (Å²) in [6.07, 6.45) is 3.68. The van der Waals surface area contributed by atoms with E-state index < -0.39 is 0 Å². The van der Waals surface area contributed by atoms with E-state index in [2.05, 4.69) is 17.0 Å². The van der Waals surface area contributed by atoms with E-state index in [0.29, 0.717) is 0 Å². The zero-order valence-corrected chi connectivity index (χ0v) is 16.8. The molecule has 0 aromatic heterocycles. The molecule has 1 saturated heterocycles. The average Bonchev–Trinajstić information content (AvgIpc) is 2.55. The molecule has 2 aliphatic rings. The molecule has 0 bridgehead atoms. The predicted molar refractivity (Wildman–Crippen MR) is 109 cm³/mol. The number of ether oxygens (including phenoxy) is 1. The standard InChI is InChI=1S/C17H25N3OS.HI/c1-21-15-5-3-14(4-6-15)17(7-2-8-17)13-19-16(18)20-9-11-22-12-10-20;/h3-6H,2,7-13H2,1H3,(H2,18,19);1H. The molecule has 1 saturated carbocycles. The fourth-order valence-electron chi connectivity index (χ4n) is 3.21. The molecule has 23 heavy (non-hydrogen) atoms. The zero-order valence-electron chi connectivity index (χ0n) is 13.7. The van der Waals surface area contributed by atoms with Crippen molar-refractivity contribution in [1.29, 1.82) is 0 Å². The number of nitrogens with two attached hydrogens (primary N) is 1. The monoisotopic (exact) mass is 447 g/mol. The third-order valence-electron chi connectivity index (χ3n) is 4.89. The van der Waals surface area contributed by atoms with Gasteiger partial charge in [0.25, 0.3) is 0 Å². The van der Waals surface area contributed by atoms with Crippen molar-refractivity contribution in [3.63, 3.8) is 0 Å². The van der Waals surface area contributed by atoms with Gasteiger partial charge in [0.15, 0.2) is 5.96 Å². The van der Waals surface area contributed by atoms with Crippen LogP contribution in [0, 0.1) is 0 Å². The van der Waals surface area contributed by atoms with E-state index in [9.17, 15) is 0 Å². The first-order valence-corrected chi connectivity index (χ1v) is 9.16. The van der Waals surface area contributed by atoms with Crippen molar-refractivity contribution in [2.45, 2.75) is 24.7 Å². The summed E-state index contributed by atoms with van der Waals surface area (Å²) >= 11 is 1.99. The van der Waals surface area contributed by atoms with Gasteiger partial charge >= 0.3 is 0 Å². The Bertz CT molecular complexity index is 525. The van der Waals surface area contributed by atoms with Crippen LogP contribution < -0.4 is 10.5 Å². The molecule has 0 amide bonds. The molecular weight excluding hydrogens is 421 g/mol. The highest BCUT2D eigenvalue weighted by atomic mass is 127. The van der Waals surface area contributed by atoms with Crippen molar-refractivity contribution >= 4 is 41.7 Å². The SMILES string of the molecule is COc1ccc(C2(CN=C(N)N3CCSCC3)CCC2)cc1.I. The van der Waals surface area contributed by atoms with Crippen LogP contribution in [0.15, 0.2) is 29.3 Å². The summed E-state index contributed by atoms with van der Waals surface area (Å²) < 4.78 is 5.25. The van der Waals surface area contributed by atoms with Gasteiger partial charge in [-0.1, -0.05) is 18.6 Å². The smallest absolute Gasteiger partial charge is 0.191 e. The van der Waals surface area contributed by atoms with Gasteiger partial charge in [0.1, 0.15) is 5.75 Å². The third-order valence-corrected chi connectivity index (χ3v) is 5.83. The van der Waals surface area contributed by atoms with Gasteiger partial charge in [-0.25, -0.2) is 0 Å². The molecular formula is C17H26IN3OS. The lowest BCUT2D eigenvalue weighted by molar-refractivity contribution is 0.252. The average molecular weight is 447 g/mol. The van der Waals surface area contributed by atoms with E-state index in [1.54, 1.807) is 7.11 Å². The maximum absolute atomic E-state index is 6.20. The summed E-state index contributed by atoms with van der Waals surface area (Å²) in [5, 5.41) is 0. The molecule has 2 N–H and O–H groups in total. The van der Waals surface area contributed by atoms with E-state index >= 15 is 0 Å². The molecule has 0 spiro atoms. The van der Waals surface area contributed by atoms with Crippen LogP contribution in [0.25, 0.3) is 0 Å². The van der Waals surface area contributed by atoms with Crippen LogP contribution in [0.5, 0.6) is 5.75 Å². The van der Waals surface area contributed by atoms with Gasteiger partial charge in [0.2, 0.25) is 0 Å². The summed E-state index contributed by atoms with van der Waals surface area (Å²) in [5.41, 5.74) is 7.75. The van der Waals surface area contributed by atoms with Crippen molar-refractivity contribution < 1.29 is 4.74 Å². The first-order valence-electron chi connectivity index (χ1n) is 8.01. The Balaban J connectivity index is 0.00000192. The summed E-state index contributed by atoms with van der Waals surface area (Å²) in [6.45, 7) is 2.85. The van der Waals surface area contributed by atoms with Gasteiger partial charge in [0, 0.05) is 30.0 Å². The fourth-order valence-corrected chi connectivity index (χ4v) is 4.11. The lowest BCUT2D eigenvalue weighted by Crippen LogP contribution is -2.44. The topological polar surface area (TPSA) is 50.9 Å². The zero-order chi connectivity index (χ0) is 15.4. The minimum Gasteiger partial charge on any atom is -0.497 e. The molecule has 1 aliphatic heterocycles. The van der Waals surface area contributed by atoms with E-state index in [1.807, 2.05) is 23.9 Å². The summed E-state index contributed by atoms with van der Waals surface area (Å²) in [4.78, 5) is 6.96. The first kappa shape index (κ1) is 18.7. The second-order valence-corrected chi connectivity index (χ2v) is 7.36. The predicted octanol–water partition coefficient (Wildman–Crippen LogP) is 3.10. The number of hydrogen-bond acceptors (Lipinski definition) is 3. The molecule has 1 aliphatic carbocycles. The van der Waals surface area contributed by atoms with Crippen LogP contribution in [0.1, 0.15) is 24.8 Å². The van der Waals surface area contributed by atoms with E-state index in [1.165, 1.54) is 24.8 Å². The number of aliphatic imine (C=N–C) groups is 1. The Kier molecular flexibility index (Phi) is 6.88. The summed E-state index contributed by atoms with van der Waals surface area (Å²) in [6, 6.07) is 8.46. The number of guanidine groups is 1. The van der Waals surface area contributed by atoms with E-state index in [0.717, 1.165) is 42.8 Å². The Hall–Kier alpha value is -0.630. The van der Waals surface area contributed by atoms with Gasteiger partial charge in [-0.15, -0.1) is 24.0 Å². The molecule has 1 aromatic carbocycles. The minimum atomic E-state index is 0. The molecule has 6 heteroatoms. The van der Waals surface area contributed by atoms with Crippen LogP contribution in [0.3, 0.4) is 0 Å². The number of benzene rings is 1. The van der Waals surface area contributed by atoms with Gasteiger partial charge in [0.05, 0.1) is 13.7 Å². The maximum atomic E-state index is 6.20. The number of hydrogen-bond donors (Lipinski definition) is 1. The normalized spacial score (nSPS) is 20.4. The van der Waals surface area contributed by atoms with Crippen LogP contribution in [0.4, 0.5) is 0 Å². The molecule has 4 nitrogen and oxygen atoms in total. The van der Waals surface area contributed by atoms with Crippen LogP contribution in [-0.2, 0) is 5.41 Å². The Morgan fingerprint density at radius 3 is 2.43 bits per heavy atom. The second-order valence-electron chi connectivity index (χ2n) is 6.14. The van der Waals surface area contributed by atoms with Crippen molar-refractivity contribution in [1.82, 2.24) is 4.90 Å². The van der Waals surface area contributed by atoms with Crippen molar-refractivity contribution in [2.75, 3.05) is 38.2 Å². The maximum Gasteiger partial charge on any atom is 0.191 e. The molecule has 0 unspecified atom stereocenters. The molecule has 128 valence electrons. The van der Waals surface area contributed by atoms with Gasteiger partial charge in [-0.2, -0.15) is 11.8 Å². The molecule has 0 radical (unpaired) electrons. The molecule has 1 heterocycles. The number of methoxy groups -OCH3 is 1. The largest absolute Gasteiger partial charge is 0.497 e. The van der Waals surface area contributed by atoms with Crippen molar-refractivity contribution in [2.24, 2.45) is 10.7 Å². The summed E-state index contributed by atoms with van der Waals surface area (Å²) in [7, 11) is 1.70. The number of halogens is 1. The molecule has 2 fully saturated rings. The Morgan fingerprint density at radius 1 is 1.26 bits per heavy atom. The van der Waals surface area contributed by atoms with Crippen molar-refractivity contribution in [3.05, 3.63) is 29.8 Å². The minimum absolute atomic E-state index is 0. The Morgan fingerprint density at radius 2 is 1.91 bits per heavy atom. The van der Waals surface area contributed by atoms with E-state index in [-0.39, 0.29) is 29.4 Å². The van der Waals surface area contributed by atoms with Crippen LogP contribution in [0.2, 0.25) is 0 Å². The lowest BCUT2D eigenvalue weighted by Gasteiger charge is -2.41. The van der Waals surface area contributed by atoms with Gasteiger partial charge in [-0.05, 0) is 30.5 Å².